The minimum Gasteiger partial charge on any atom is -0.312 e. The van der Waals surface area contributed by atoms with E-state index in [9.17, 15) is 14.9 Å². The Morgan fingerprint density at radius 3 is 2.64 bits per heavy atom. The zero-order valence-corrected chi connectivity index (χ0v) is 16.2. The Bertz CT molecular complexity index is 1030. The molecule has 0 fully saturated rings. The van der Waals surface area contributed by atoms with Gasteiger partial charge in [0.2, 0.25) is 5.91 Å². The summed E-state index contributed by atoms with van der Waals surface area (Å²) < 4.78 is 1.89. The van der Waals surface area contributed by atoms with Crippen molar-refractivity contribution in [3.05, 3.63) is 75.5 Å². The van der Waals surface area contributed by atoms with Crippen molar-refractivity contribution >= 4 is 34.9 Å². The molecule has 0 atom stereocenters. The first-order valence-electron chi connectivity index (χ1n) is 9.24. The van der Waals surface area contributed by atoms with Gasteiger partial charge in [-0.15, -0.1) is 12.4 Å². The molecule has 1 aliphatic rings. The van der Waals surface area contributed by atoms with Gasteiger partial charge in [0.25, 0.3) is 5.69 Å². The number of benzene rings is 2. The van der Waals surface area contributed by atoms with Gasteiger partial charge >= 0.3 is 0 Å². The lowest BCUT2D eigenvalue weighted by atomic mass is 10.0. The number of nitro benzene ring substituents is 1. The number of nitrogens with one attached hydrogen (secondary N) is 1. The number of nitro groups is 1. The van der Waals surface area contributed by atoms with Gasteiger partial charge in [-0.05, 0) is 37.4 Å². The molecule has 1 N–H and O–H groups in total. The van der Waals surface area contributed by atoms with Crippen molar-refractivity contribution in [3.8, 4) is 0 Å². The third-order valence-corrected chi connectivity index (χ3v) is 5.20. The van der Waals surface area contributed by atoms with Crippen molar-refractivity contribution in [1.29, 1.82) is 0 Å². The Morgan fingerprint density at radius 2 is 1.82 bits per heavy atom. The van der Waals surface area contributed by atoms with Crippen LogP contribution >= 0.6 is 12.4 Å². The fourth-order valence-electron chi connectivity index (χ4n) is 3.98. The quantitative estimate of drug-likeness (QED) is 0.381. The monoisotopic (exact) mass is 399 g/mol. The summed E-state index contributed by atoms with van der Waals surface area (Å²) in [5, 5.41) is 15.6. The molecule has 146 valence electrons. The van der Waals surface area contributed by atoms with Crippen LogP contribution in [0.2, 0.25) is 0 Å². The predicted molar refractivity (Wildman–Crippen MR) is 111 cm³/mol. The second-order valence-corrected chi connectivity index (χ2v) is 6.84. The highest BCUT2D eigenvalue weighted by atomic mass is 35.5. The average molecular weight is 400 g/mol. The highest BCUT2D eigenvalue weighted by Gasteiger charge is 2.24. The Kier molecular flexibility index (Phi) is 6.11. The summed E-state index contributed by atoms with van der Waals surface area (Å²) in [6, 6.07) is 14.8. The summed E-state index contributed by atoms with van der Waals surface area (Å²) in [5.41, 5.74) is 4.16. The van der Waals surface area contributed by atoms with E-state index in [4.69, 9.17) is 0 Å². The van der Waals surface area contributed by atoms with Gasteiger partial charge in [0.05, 0.1) is 10.4 Å². The van der Waals surface area contributed by atoms with Gasteiger partial charge in [-0.3, -0.25) is 19.5 Å². The van der Waals surface area contributed by atoms with Gasteiger partial charge in [-0.25, -0.2) is 0 Å². The molecular formula is C21H22ClN3O3. The van der Waals surface area contributed by atoms with Gasteiger partial charge in [0.1, 0.15) is 0 Å². The van der Waals surface area contributed by atoms with E-state index in [-0.39, 0.29) is 28.9 Å². The lowest BCUT2D eigenvalue weighted by Crippen LogP contribution is -2.21. The molecule has 1 aliphatic heterocycles. The first kappa shape index (κ1) is 20.0. The molecule has 7 heteroatoms. The number of para-hydroxylation sites is 2. The first-order chi connectivity index (χ1) is 13.2. The normalized spacial score (nSPS) is 13.2. The van der Waals surface area contributed by atoms with Crippen LogP contribution in [0.1, 0.15) is 34.5 Å². The molecular weight excluding hydrogens is 378 g/mol. The molecule has 2 aromatic carbocycles. The summed E-state index contributed by atoms with van der Waals surface area (Å²) >= 11 is 0. The van der Waals surface area contributed by atoms with E-state index in [1.807, 2.05) is 28.8 Å². The highest BCUT2D eigenvalue weighted by molar-refractivity contribution is 5.96. The van der Waals surface area contributed by atoms with Gasteiger partial charge in [0.15, 0.2) is 0 Å². The molecule has 0 amide bonds. The molecule has 0 bridgehead atoms. The van der Waals surface area contributed by atoms with E-state index in [0.717, 1.165) is 35.9 Å². The largest absolute Gasteiger partial charge is 0.312 e. The maximum Gasteiger partial charge on any atom is 0.273 e. The Labute approximate surface area is 169 Å². The average Bonchev–Trinajstić information content (AvgIpc) is 3.00. The van der Waals surface area contributed by atoms with Crippen LogP contribution in [0.25, 0.3) is 10.9 Å². The van der Waals surface area contributed by atoms with Crippen LogP contribution in [-0.2, 0) is 19.4 Å². The molecule has 0 unspecified atom stereocenters. The number of rotatable bonds is 6. The highest BCUT2D eigenvalue weighted by Crippen LogP contribution is 2.31. The molecule has 0 radical (unpaired) electrons. The fourth-order valence-corrected chi connectivity index (χ4v) is 3.98. The molecule has 6 nitrogen and oxygen atoms in total. The van der Waals surface area contributed by atoms with Crippen molar-refractivity contribution in [2.75, 3.05) is 6.54 Å². The SMILES string of the molecule is Cl.O=C1CCCc2c(CCNCc3ccccc3[N+](=O)[O-])c3ccccc3n21. The van der Waals surface area contributed by atoms with Crippen LogP contribution in [0.3, 0.4) is 0 Å². The standard InChI is InChI=1S/C21H21N3O3.ClH/c25-21-11-5-10-20-17(16-7-2-4-9-19(16)23(20)21)12-13-22-14-15-6-1-3-8-18(15)24(26)27;/h1-4,6-9,22H,5,10-14H2;1H. The summed E-state index contributed by atoms with van der Waals surface area (Å²) in [4.78, 5) is 23.2. The molecule has 3 aromatic rings. The van der Waals surface area contributed by atoms with Crippen LogP contribution in [0.5, 0.6) is 0 Å². The van der Waals surface area contributed by atoms with E-state index >= 15 is 0 Å². The predicted octanol–water partition coefficient (Wildman–Crippen LogP) is 4.28. The van der Waals surface area contributed by atoms with E-state index in [2.05, 4.69) is 11.4 Å². The molecule has 1 aromatic heterocycles. The van der Waals surface area contributed by atoms with E-state index < -0.39 is 0 Å². The summed E-state index contributed by atoms with van der Waals surface area (Å²) in [5.74, 6) is 0.173. The van der Waals surface area contributed by atoms with Crippen LogP contribution in [0.4, 0.5) is 5.69 Å². The Balaban J connectivity index is 0.00000225. The van der Waals surface area contributed by atoms with E-state index in [1.54, 1.807) is 12.1 Å². The number of hydrogen-bond acceptors (Lipinski definition) is 4. The van der Waals surface area contributed by atoms with Gasteiger partial charge in [0, 0.05) is 35.7 Å². The lowest BCUT2D eigenvalue weighted by Gasteiger charge is -2.16. The van der Waals surface area contributed by atoms with Crippen molar-refractivity contribution in [3.63, 3.8) is 0 Å². The smallest absolute Gasteiger partial charge is 0.273 e. The first-order valence-corrected chi connectivity index (χ1v) is 9.24. The molecule has 0 aliphatic carbocycles. The molecule has 2 heterocycles. The maximum absolute atomic E-state index is 12.4. The zero-order chi connectivity index (χ0) is 18.8. The second kappa shape index (κ2) is 8.54. The summed E-state index contributed by atoms with van der Waals surface area (Å²) in [6.45, 7) is 1.14. The van der Waals surface area contributed by atoms with Crippen LogP contribution in [-0.4, -0.2) is 21.9 Å². The minimum absolute atomic E-state index is 0. The zero-order valence-electron chi connectivity index (χ0n) is 15.4. The fraction of sp³-hybridized carbons (Fsp3) is 0.286. The maximum atomic E-state index is 12.4. The number of halogens is 1. The van der Waals surface area contributed by atoms with Crippen molar-refractivity contribution < 1.29 is 9.72 Å². The summed E-state index contributed by atoms with van der Waals surface area (Å²) in [6.07, 6.45) is 3.20. The lowest BCUT2D eigenvalue weighted by molar-refractivity contribution is -0.385. The number of nitrogens with zero attached hydrogens (tertiary/aromatic N) is 2. The van der Waals surface area contributed by atoms with Crippen molar-refractivity contribution in [2.24, 2.45) is 0 Å². The molecule has 0 spiro atoms. The molecule has 0 saturated carbocycles. The van der Waals surface area contributed by atoms with Crippen molar-refractivity contribution in [2.45, 2.75) is 32.2 Å². The third kappa shape index (κ3) is 3.66. The Hall–Kier alpha value is -2.70. The summed E-state index contributed by atoms with van der Waals surface area (Å²) in [7, 11) is 0. The number of fused-ring (bicyclic) bond motifs is 3. The number of carbonyl (C=O) groups excluding carboxylic acids is 1. The molecule has 4 rings (SSSR count). The third-order valence-electron chi connectivity index (χ3n) is 5.20. The van der Waals surface area contributed by atoms with Crippen LogP contribution < -0.4 is 5.32 Å². The van der Waals surface area contributed by atoms with Crippen molar-refractivity contribution in [1.82, 2.24) is 9.88 Å². The van der Waals surface area contributed by atoms with Crippen LogP contribution in [0.15, 0.2) is 48.5 Å². The van der Waals surface area contributed by atoms with E-state index in [1.165, 1.54) is 11.6 Å². The topological polar surface area (TPSA) is 77.2 Å². The molecule has 28 heavy (non-hydrogen) atoms. The molecule has 0 saturated heterocycles. The van der Waals surface area contributed by atoms with E-state index in [0.29, 0.717) is 25.1 Å². The van der Waals surface area contributed by atoms with Gasteiger partial charge < -0.3 is 5.32 Å². The minimum atomic E-state index is -0.347. The second-order valence-electron chi connectivity index (χ2n) is 6.84. The van der Waals surface area contributed by atoms with Crippen LogP contribution in [0, 0.1) is 10.1 Å². The van der Waals surface area contributed by atoms with Gasteiger partial charge in [-0.1, -0.05) is 36.4 Å². The van der Waals surface area contributed by atoms with Gasteiger partial charge in [-0.2, -0.15) is 0 Å². The number of carbonyl (C=O) groups is 1. The number of aromatic nitrogens is 1. The number of hydrogen-bond donors (Lipinski definition) is 1. The Morgan fingerprint density at radius 1 is 1.07 bits per heavy atom.